The molecular weight excluding hydrogens is 378 g/mol. The molecule has 0 unspecified atom stereocenters. The Balaban J connectivity index is 4.87. The van der Waals surface area contributed by atoms with Crippen LogP contribution in [0, 0.1) is 0 Å². The zero-order chi connectivity index (χ0) is 15.5. The van der Waals surface area contributed by atoms with Crippen molar-refractivity contribution in [2.75, 3.05) is 6.16 Å². The molecule has 5 heteroatoms. The first kappa shape index (κ1) is 20.7. The van der Waals surface area contributed by atoms with E-state index in [1.807, 2.05) is 6.08 Å². The number of allylic oxidation sites excluding steroid dienone is 1. The monoisotopic (exact) mass is 412 g/mol. The number of hydrogen-bond donors (Lipinski definition) is 2. The second kappa shape index (κ2) is 11.3. The number of unbranched alkanes of at least 4 members (excludes halogenated alkanes) is 3. The maximum absolute atomic E-state index is 11.0. The Hall–Kier alpha value is 0.689. The zero-order valence-corrected chi connectivity index (χ0v) is 17.2. The molecule has 0 spiro atoms. The van der Waals surface area contributed by atoms with E-state index in [1.54, 1.807) is 0 Å². The summed E-state index contributed by atoms with van der Waals surface area (Å²) in [5, 5.41) is 0. The summed E-state index contributed by atoms with van der Waals surface area (Å²) in [5.74, 6) is 0. The topological polar surface area (TPSA) is 57.5 Å². The Morgan fingerprint density at radius 3 is 1.60 bits per heavy atom. The van der Waals surface area contributed by atoms with Gasteiger partial charge in [-0.2, -0.15) is 0 Å². The summed E-state index contributed by atoms with van der Waals surface area (Å²) < 4.78 is 17.4. The van der Waals surface area contributed by atoms with Crippen molar-refractivity contribution in [1.82, 2.24) is 0 Å². The molecular formula is C15H33O3PSn. The summed E-state index contributed by atoms with van der Waals surface area (Å²) in [6.45, 7) is 6.70. The molecule has 0 rings (SSSR count). The van der Waals surface area contributed by atoms with E-state index in [0.29, 0.717) is 0 Å². The summed E-state index contributed by atoms with van der Waals surface area (Å²) in [5.41, 5.74) is 0. The van der Waals surface area contributed by atoms with Gasteiger partial charge in [0.1, 0.15) is 0 Å². The fraction of sp³-hybridized carbons (Fsp3) is 0.867. The van der Waals surface area contributed by atoms with Gasteiger partial charge in [-0.3, -0.25) is 0 Å². The third kappa shape index (κ3) is 10.4. The van der Waals surface area contributed by atoms with Crippen molar-refractivity contribution < 1.29 is 14.4 Å². The van der Waals surface area contributed by atoms with Gasteiger partial charge in [-0.15, -0.1) is 0 Å². The van der Waals surface area contributed by atoms with Gasteiger partial charge in [-0.1, -0.05) is 0 Å². The van der Waals surface area contributed by atoms with Crippen molar-refractivity contribution in [2.45, 2.75) is 72.6 Å². The molecule has 2 N–H and O–H groups in total. The van der Waals surface area contributed by atoms with Crippen LogP contribution in [0.4, 0.5) is 0 Å². The average molecular weight is 411 g/mol. The molecule has 0 bridgehead atoms. The zero-order valence-electron chi connectivity index (χ0n) is 13.5. The van der Waals surface area contributed by atoms with Gasteiger partial charge in [0.25, 0.3) is 0 Å². The Labute approximate surface area is 129 Å². The van der Waals surface area contributed by atoms with Crippen LogP contribution in [0.2, 0.25) is 13.3 Å². The summed E-state index contributed by atoms with van der Waals surface area (Å²) in [4.78, 5) is 18.1. The van der Waals surface area contributed by atoms with E-state index < -0.39 is 26.0 Å². The predicted molar refractivity (Wildman–Crippen MR) is 91.0 cm³/mol. The molecule has 0 heterocycles. The SMILES string of the molecule is CCC[CH2][Sn](/[CH]=C/CP(=O)(O)O)([CH2]CCC)[CH2]CCC. The Bertz CT molecular complexity index is 290. The average Bonchev–Trinajstić information content (AvgIpc) is 2.38. The van der Waals surface area contributed by atoms with Gasteiger partial charge >= 0.3 is 129 Å². The fourth-order valence-corrected chi connectivity index (χ4v) is 18.0. The summed E-state index contributed by atoms with van der Waals surface area (Å²) in [6.07, 6.45) is 9.26. The van der Waals surface area contributed by atoms with E-state index in [2.05, 4.69) is 24.9 Å². The van der Waals surface area contributed by atoms with E-state index in [1.165, 1.54) is 51.8 Å². The van der Waals surface area contributed by atoms with Gasteiger partial charge in [0.15, 0.2) is 0 Å². The molecule has 0 fully saturated rings. The standard InChI is InChI=1S/3C4H9.C3H6O3P.Sn/c3*1-3-4-2;1-2-3-7(4,5)6;/h3*1,3-4H2,2H3;1-2H,3H2,(H2,4,5,6);. The van der Waals surface area contributed by atoms with Crippen molar-refractivity contribution in [2.24, 2.45) is 0 Å². The summed E-state index contributed by atoms with van der Waals surface area (Å²) in [7, 11) is -3.88. The quantitative estimate of drug-likeness (QED) is 0.347. The second-order valence-corrected chi connectivity index (χ2v) is 20.6. The predicted octanol–water partition coefficient (Wildman–Crippen LogP) is 5.11. The van der Waals surface area contributed by atoms with E-state index >= 15 is 0 Å². The van der Waals surface area contributed by atoms with Crippen LogP contribution in [0.15, 0.2) is 10.2 Å². The van der Waals surface area contributed by atoms with Crippen LogP contribution in [0.1, 0.15) is 59.3 Å². The normalized spacial score (nSPS) is 13.2. The van der Waals surface area contributed by atoms with Gasteiger partial charge in [0, 0.05) is 0 Å². The van der Waals surface area contributed by atoms with Crippen molar-refractivity contribution >= 4 is 26.0 Å². The number of hydrogen-bond acceptors (Lipinski definition) is 1. The third-order valence-corrected chi connectivity index (χ3v) is 18.8. The van der Waals surface area contributed by atoms with Crippen LogP contribution in [0.5, 0.6) is 0 Å². The van der Waals surface area contributed by atoms with E-state index in [0.717, 1.165) is 0 Å². The molecule has 0 aromatic rings. The van der Waals surface area contributed by atoms with Crippen LogP contribution in [0.25, 0.3) is 0 Å². The van der Waals surface area contributed by atoms with Gasteiger partial charge < -0.3 is 0 Å². The Kier molecular flexibility index (Phi) is 11.7. The molecule has 0 saturated heterocycles. The van der Waals surface area contributed by atoms with Crippen molar-refractivity contribution in [1.29, 1.82) is 0 Å². The van der Waals surface area contributed by atoms with Crippen LogP contribution >= 0.6 is 7.60 Å². The first-order valence-electron chi connectivity index (χ1n) is 8.11. The Morgan fingerprint density at radius 2 is 1.30 bits per heavy atom. The summed E-state index contributed by atoms with van der Waals surface area (Å²) in [6, 6.07) is 0. The van der Waals surface area contributed by atoms with Crippen LogP contribution in [0.3, 0.4) is 0 Å². The molecule has 0 radical (unpaired) electrons. The van der Waals surface area contributed by atoms with Crippen molar-refractivity contribution in [3.63, 3.8) is 0 Å². The molecule has 0 aromatic carbocycles. The Morgan fingerprint density at radius 1 is 0.900 bits per heavy atom. The molecule has 20 heavy (non-hydrogen) atoms. The molecule has 0 aliphatic carbocycles. The van der Waals surface area contributed by atoms with Gasteiger partial charge in [-0.05, 0) is 0 Å². The second-order valence-electron chi connectivity index (χ2n) is 5.92. The number of rotatable bonds is 12. The molecule has 0 saturated carbocycles. The van der Waals surface area contributed by atoms with Gasteiger partial charge in [0.05, 0.1) is 0 Å². The van der Waals surface area contributed by atoms with Crippen molar-refractivity contribution in [3.8, 4) is 0 Å². The molecule has 0 atom stereocenters. The van der Waals surface area contributed by atoms with Crippen LogP contribution in [-0.4, -0.2) is 34.3 Å². The van der Waals surface area contributed by atoms with E-state index in [9.17, 15) is 4.57 Å². The molecule has 0 aliphatic heterocycles. The third-order valence-electron chi connectivity index (χ3n) is 3.90. The molecule has 0 aromatic heterocycles. The molecule has 3 nitrogen and oxygen atoms in total. The van der Waals surface area contributed by atoms with Crippen LogP contribution in [-0.2, 0) is 4.57 Å². The molecule has 0 amide bonds. The van der Waals surface area contributed by atoms with Gasteiger partial charge in [-0.25, -0.2) is 0 Å². The van der Waals surface area contributed by atoms with Crippen LogP contribution < -0.4 is 0 Å². The minimum absolute atomic E-state index is 0.0734. The minimum atomic E-state index is -3.88. The fourth-order valence-electron chi connectivity index (χ4n) is 2.65. The molecule has 0 aliphatic rings. The van der Waals surface area contributed by atoms with Gasteiger partial charge in [0.2, 0.25) is 0 Å². The van der Waals surface area contributed by atoms with E-state index in [-0.39, 0.29) is 6.16 Å². The molecule has 120 valence electrons. The van der Waals surface area contributed by atoms with Crippen molar-refractivity contribution in [3.05, 3.63) is 10.2 Å². The first-order valence-corrected chi connectivity index (χ1v) is 17.6. The van der Waals surface area contributed by atoms with E-state index in [4.69, 9.17) is 9.79 Å². The first-order chi connectivity index (χ1) is 9.39. The summed E-state index contributed by atoms with van der Waals surface area (Å²) >= 11 is -2.32. The maximum atomic E-state index is 11.0.